The molecule has 0 spiro atoms. The van der Waals surface area contributed by atoms with Crippen LogP contribution in [0.5, 0.6) is 0 Å². The quantitative estimate of drug-likeness (QED) is 0.707. The van der Waals surface area contributed by atoms with Crippen molar-refractivity contribution in [2.75, 3.05) is 12.4 Å². The van der Waals surface area contributed by atoms with Crippen molar-refractivity contribution in [3.8, 4) is 0 Å². The van der Waals surface area contributed by atoms with E-state index in [1.165, 1.54) is 25.0 Å². The summed E-state index contributed by atoms with van der Waals surface area (Å²) in [5, 5.41) is 21.9. The Morgan fingerprint density at radius 2 is 2.00 bits per heavy atom. The highest BCUT2D eigenvalue weighted by molar-refractivity contribution is 6.11. The Morgan fingerprint density at radius 3 is 2.57 bits per heavy atom. The lowest BCUT2D eigenvalue weighted by Gasteiger charge is -2.06. The molecule has 0 aliphatic heterocycles. The third-order valence-corrected chi connectivity index (χ3v) is 3.16. The Balaban J connectivity index is 2.38. The van der Waals surface area contributed by atoms with E-state index in [4.69, 9.17) is 5.11 Å². The van der Waals surface area contributed by atoms with Crippen molar-refractivity contribution < 1.29 is 19.5 Å². The van der Waals surface area contributed by atoms with Crippen LogP contribution in [0.25, 0.3) is 0 Å². The van der Waals surface area contributed by atoms with Gasteiger partial charge in [-0.2, -0.15) is 10.2 Å². The van der Waals surface area contributed by atoms with Crippen LogP contribution >= 0.6 is 0 Å². The van der Waals surface area contributed by atoms with Crippen LogP contribution in [0.15, 0.2) is 12.4 Å². The molecule has 2 aromatic rings. The van der Waals surface area contributed by atoms with Gasteiger partial charge in [-0.05, 0) is 6.92 Å². The van der Waals surface area contributed by atoms with Gasteiger partial charge in [0.2, 0.25) is 0 Å². The lowest BCUT2D eigenvalue weighted by atomic mass is 10.2. The minimum atomic E-state index is -1.26. The molecule has 0 unspecified atom stereocenters. The molecule has 23 heavy (non-hydrogen) atoms. The Bertz CT molecular complexity index is 776. The number of aromatic nitrogens is 4. The first kappa shape index (κ1) is 16.2. The topological polar surface area (TPSA) is 131 Å². The fourth-order valence-corrected chi connectivity index (χ4v) is 2.01. The van der Waals surface area contributed by atoms with Crippen LogP contribution in [0.1, 0.15) is 38.3 Å². The van der Waals surface area contributed by atoms with Crippen LogP contribution < -0.4 is 10.6 Å². The molecule has 0 saturated heterocycles. The van der Waals surface area contributed by atoms with E-state index in [0.29, 0.717) is 6.54 Å². The van der Waals surface area contributed by atoms with Gasteiger partial charge in [-0.3, -0.25) is 19.0 Å². The SMILES string of the molecule is CCn1cc(NC(=O)c2c(C(=O)O)cnn2C)c(C(=O)NC)n1. The lowest BCUT2D eigenvalue weighted by Crippen LogP contribution is -2.23. The summed E-state index contributed by atoms with van der Waals surface area (Å²) in [7, 11) is 2.90. The number of carbonyl (C=O) groups excluding carboxylic acids is 2. The van der Waals surface area contributed by atoms with Gasteiger partial charge in [0.25, 0.3) is 11.8 Å². The molecule has 10 heteroatoms. The van der Waals surface area contributed by atoms with Crippen molar-refractivity contribution in [3.63, 3.8) is 0 Å². The first-order valence-corrected chi connectivity index (χ1v) is 6.75. The number of hydrogen-bond donors (Lipinski definition) is 3. The number of anilines is 1. The summed E-state index contributed by atoms with van der Waals surface area (Å²) in [5.41, 5.74) is -0.116. The number of rotatable bonds is 5. The molecule has 10 nitrogen and oxygen atoms in total. The molecule has 2 rings (SSSR count). The van der Waals surface area contributed by atoms with E-state index in [9.17, 15) is 14.4 Å². The summed E-state index contributed by atoms with van der Waals surface area (Å²) in [6, 6.07) is 0. The number of amides is 2. The van der Waals surface area contributed by atoms with Gasteiger partial charge in [-0.1, -0.05) is 0 Å². The summed E-state index contributed by atoms with van der Waals surface area (Å²) in [4.78, 5) is 35.4. The van der Waals surface area contributed by atoms with E-state index in [1.807, 2.05) is 6.92 Å². The van der Waals surface area contributed by atoms with Gasteiger partial charge < -0.3 is 15.7 Å². The molecule has 0 fully saturated rings. The zero-order valence-electron chi connectivity index (χ0n) is 12.8. The van der Waals surface area contributed by atoms with Crippen LogP contribution in [0.4, 0.5) is 5.69 Å². The number of carboxylic acids is 1. The molecule has 0 atom stereocenters. The maximum atomic E-state index is 12.4. The Labute approximate surface area is 131 Å². The van der Waals surface area contributed by atoms with Crippen LogP contribution in [0.2, 0.25) is 0 Å². The molecule has 3 N–H and O–H groups in total. The molecule has 0 aliphatic rings. The summed E-state index contributed by atoms with van der Waals surface area (Å²) >= 11 is 0. The predicted molar refractivity (Wildman–Crippen MR) is 79.4 cm³/mol. The van der Waals surface area contributed by atoms with Crippen molar-refractivity contribution >= 4 is 23.5 Å². The van der Waals surface area contributed by atoms with Gasteiger partial charge in [-0.25, -0.2) is 4.79 Å². The van der Waals surface area contributed by atoms with E-state index in [2.05, 4.69) is 20.8 Å². The molecule has 122 valence electrons. The second-order valence-corrected chi connectivity index (χ2v) is 4.62. The number of aryl methyl sites for hydroxylation is 2. The van der Waals surface area contributed by atoms with Gasteiger partial charge in [0.05, 0.1) is 11.9 Å². The lowest BCUT2D eigenvalue weighted by molar-refractivity contribution is 0.0692. The van der Waals surface area contributed by atoms with E-state index in [0.717, 1.165) is 10.9 Å². The first-order valence-electron chi connectivity index (χ1n) is 6.75. The standard InChI is InChI=1S/C13H16N6O4/c1-4-19-6-8(9(17-19)11(20)14-2)16-12(21)10-7(13(22)23)5-15-18(10)3/h5-6H,4H2,1-3H3,(H,14,20)(H,16,21)(H,22,23). The van der Waals surface area contributed by atoms with Crippen molar-refractivity contribution in [2.24, 2.45) is 7.05 Å². The van der Waals surface area contributed by atoms with Crippen LogP contribution in [-0.2, 0) is 13.6 Å². The molecule has 2 amide bonds. The molecule has 0 aliphatic carbocycles. The van der Waals surface area contributed by atoms with Crippen LogP contribution in [0.3, 0.4) is 0 Å². The van der Waals surface area contributed by atoms with Crippen LogP contribution in [-0.4, -0.2) is 49.5 Å². The molecular formula is C13H16N6O4. The molecule has 0 saturated carbocycles. The van der Waals surface area contributed by atoms with Crippen molar-refractivity contribution in [3.05, 3.63) is 29.3 Å². The predicted octanol–water partition coefficient (Wildman–Crippen LogP) is -0.0534. The zero-order chi connectivity index (χ0) is 17.1. The Kier molecular flexibility index (Phi) is 4.44. The molecule has 0 aromatic carbocycles. The Hall–Kier alpha value is -3.17. The second-order valence-electron chi connectivity index (χ2n) is 4.62. The average molecular weight is 320 g/mol. The maximum Gasteiger partial charge on any atom is 0.339 e. The third-order valence-electron chi connectivity index (χ3n) is 3.16. The van der Waals surface area contributed by atoms with E-state index in [-0.39, 0.29) is 22.6 Å². The molecule has 2 heterocycles. The van der Waals surface area contributed by atoms with Crippen LogP contribution in [0, 0.1) is 0 Å². The summed E-state index contributed by atoms with van der Waals surface area (Å²) in [6.45, 7) is 2.34. The fraction of sp³-hybridized carbons (Fsp3) is 0.308. The van der Waals surface area contributed by atoms with Gasteiger partial charge in [0.15, 0.2) is 5.69 Å². The monoisotopic (exact) mass is 320 g/mol. The first-order chi connectivity index (χ1) is 10.9. The highest BCUT2D eigenvalue weighted by Crippen LogP contribution is 2.17. The molecule has 0 radical (unpaired) electrons. The third kappa shape index (κ3) is 3.05. The zero-order valence-corrected chi connectivity index (χ0v) is 12.8. The smallest absolute Gasteiger partial charge is 0.339 e. The normalized spacial score (nSPS) is 10.4. The van der Waals surface area contributed by atoms with Gasteiger partial charge >= 0.3 is 5.97 Å². The Morgan fingerprint density at radius 1 is 1.30 bits per heavy atom. The summed E-state index contributed by atoms with van der Waals surface area (Å²) in [5.74, 6) is -2.42. The van der Waals surface area contributed by atoms with Crippen molar-refractivity contribution in [1.82, 2.24) is 24.9 Å². The van der Waals surface area contributed by atoms with Gasteiger partial charge in [0, 0.05) is 26.8 Å². The summed E-state index contributed by atoms with van der Waals surface area (Å²) < 4.78 is 2.64. The minimum Gasteiger partial charge on any atom is -0.478 e. The number of carbonyl (C=O) groups is 3. The fourth-order valence-electron chi connectivity index (χ4n) is 2.01. The van der Waals surface area contributed by atoms with Gasteiger partial charge in [-0.15, -0.1) is 0 Å². The number of carboxylic acid groups (broad SMARTS) is 1. The number of hydrogen-bond acceptors (Lipinski definition) is 5. The number of nitrogens with one attached hydrogen (secondary N) is 2. The van der Waals surface area contributed by atoms with Crippen molar-refractivity contribution in [1.29, 1.82) is 0 Å². The molecule has 2 aromatic heterocycles. The second kappa shape index (κ2) is 6.30. The highest BCUT2D eigenvalue weighted by Gasteiger charge is 2.24. The maximum absolute atomic E-state index is 12.4. The summed E-state index contributed by atoms with van der Waals surface area (Å²) in [6.07, 6.45) is 2.59. The van der Waals surface area contributed by atoms with Gasteiger partial charge in [0.1, 0.15) is 11.3 Å². The number of aromatic carboxylic acids is 1. The molecular weight excluding hydrogens is 304 g/mol. The minimum absolute atomic E-state index is 0.0433. The highest BCUT2D eigenvalue weighted by atomic mass is 16.4. The van der Waals surface area contributed by atoms with E-state index in [1.54, 1.807) is 0 Å². The van der Waals surface area contributed by atoms with Crippen molar-refractivity contribution in [2.45, 2.75) is 13.5 Å². The largest absolute Gasteiger partial charge is 0.478 e. The number of nitrogens with zero attached hydrogens (tertiary/aromatic N) is 4. The van der Waals surface area contributed by atoms with E-state index >= 15 is 0 Å². The molecule has 0 bridgehead atoms. The average Bonchev–Trinajstić information content (AvgIpc) is 3.09. The van der Waals surface area contributed by atoms with E-state index < -0.39 is 17.8 Å².